The van der Waals surface area contributed by atoms with Crippen LogP contribution in [0.2, 0.25) is 5.02 Å². The number of amides is 1. The van der Waals surface area contributed by atoms with Gasteiger partial charge >= 0.3 is 0 Å². The number of aryl methyl sites for hydroxylation is 1. The number of nitrogens with zero attached hydrogens (tertiary/aromatic N) is 1. The molecule has 0 unspecified atom stereocenters. The molecule has 0 saturated heterocycles. The van der Waals surface area contributed by atoms with Gasteiger partial charge in [-0.15, -0.1) is 11.3 Å². The van der Waals surface area contributed by atoms with Gasteiger partial charge in [-0.05, 0) is 48.9 Å². The van der Waals surface area contributed by atoms with E-state index < -0.39 is 0 Å². The number of thiazole rings is 1. The maximum Gasteiger partial charge on any atom is 0.267 e. The third kappa shape index (κ3) is 5.29. The lowest BCUT2D eigenvalue weighted by Gasteiger charge is -2.06. The van der Waals surface area contributed by atoms with Crippen LogP contribution >= 0.6 is 22.9 Å². The van der Waals surface area contributed by atoms with Crippen LogP contribution < -0.4 is 10.1 Å². The summed E-state index contributed by atoms with van der Waals surface area (Å²) in [5.41, 5.74) is 2.40. The Balaban J connectivity index is 1.65. The van der Waals surface area contributed by atoms with E-state index in [-0.39, 0.29) is 5.91 Å². The summed E-state index contributed by atoms with van der Waals surface area (Å²) in [6, 6.07) is 14.7. The number of nitrogens with one attached hydrogen (secondary N) is 1. The number of anilines is 1. The van der Waals surface area contributed by atoms with Crippen LogP contribution in [0.1, 0.15) is 25.9 Å². The van der Waals surface area contributed by atoms with Gasteiger partial charge in [-0.3, -0.25) is 4.79 Å². The summed E-state index contributed by atoms with van der Waals surface area (Å²) >= 11 is 7.19. The van der Waals surface area contributed by atoms with Crippen molar-refractivity contribution in [1.29, 1.82) is 0 Å². The first-order chi connectivity index (χ1) is 13.0. The summed E-state index contributed by atoms with van der Waals surface area (Å²) in [5, 5.41) is 4.30. The third-order valence-electron chi connectivity index (χ3n) is 3.72. The second kappa shape index (κ2) is 8.99. The molecule has 0 radical (unpaired) electrons. The highest BCUT2D eigenvalue weighted by Crippen LogP contribution is 2.23. The van der Waals surface area contributed by atoms with Gasteiger partial charge in [0.1, 0.15) is 22.2 Å². The monoisotopic (exact) mass is 402 g/mol. The van der Waals surface area contributed by atoms with E-state index >= 15 is 0 Å². The molecular formula is C20H19ClN2O3S. The average Bonchev–Trinajstić information content (AvgIpc) is 3.03. The minimum atomic E-state index is -0.183. The molecule has 0 fully saturated rings. The average molecular weight is 403 g/mol. The number of methoxy groups -OCH3 is 1. The van der Waals surface area contributed by atoms with Crippen molar-refractivity contribution >= 4 is 34.5 Å². The summed E-state index contributed by atoms with van der Waals surface area (Å²) in [4.78, 5) is 17.6. The van der Waals surface area contributed by atoms with Crippen molar-refractivity contribution in [2.75, 3.05) is 12.4 Å². The largest absolute Gasteiger partial charge is 0.486 e. The second-order valence-corrected chi connectivity index (χ2v) is 7.37. The highest BCUT2D eigenvalue weighted by Gasteiger charge is 2.16. The first-order valence-electron chi connectivity index (χ1n) is 8.29. The number of carbonyl (C=O) groups is 1. The Morgan fingerprint density at radius 2 is 1.96 bits per heavy atom. The van der Waals surface area contributed by atoms with Gasteiger partial charge in [0.25, 0.3) is 5.91 Å². The van der Waals surface area contributed by atoms with Crippen LogP contribution in [0.3, 0.4) is 0 Å². The Morgan fingerprint density at radius 1 is 1.19 bits per heavy atom. The van der Waals surface area contributed by atoms with Crippen molar-refractivity contribution in [3.63, 3.8) is 0 Å². The van der Waals surface area contributed by atoms with E-state index in [9.17, 15) is 4.79 Å². The highest BCUT2D eigenvalue weighted by molar-refractivity contribution is 7.13. The molecule has 0 atom stereocenters. The zero-order chi connectivity index (χ0) is 19.2. The van der Waals surface area contributed by atoms with Crippen LogP contribution in [0.4, 0.5) is 5.69 Å². The maximum atomic E-state index is 12.6. The molecule has 0 spiro atoms. The molecule has 3 aromatic rings. The topological polar surface area (TPSA) is 60.5 Å². The van der Waals surface area contributed by atoms with E-state index in [0.717, 1.165) is 16.3 Å². The first kappa shape index (κ1) is 19.4. The van der Waals surface area contributed by atoms with Crippen LogP contribution in [-0.4, -0.2) is 18.0 Å². The normalized spacial score (nSPS) is 10.6. The molecule has 3 rings (SSSR count). The van der Waals surface area contributed by atoms with Crippen LogP contribution in [0.15, 0.2) is 48.5 Å². The fourth-order valence-electron chi connectivity index (χ4n) is 2.49. The Morgan fingerprint density at radius 3 is 2.70 bits per heavy atom. The zero-order valence-electron chi connectivity index (χ0n) is 15.0. The minimum absolute atomic E-state index is 0.183. The van der Waals surface area contributed by atoms with Crippen molar-refractivity contribution < 1.29 is 14.3 Å². The molecule has 1 amide bonds. The summed E-state index contributed by atoms with van der Waals surface area (Å²) < 4.78 is 10.8. The smallest absolute Gasteiger partial charge is 0.267 e. The number of carbonyl (C=O) groups excluding carboxylic acids is 1. The van der Waals surface area contributed by atoms with Crippen molar-refractivity contribution in [3.8, 4) is 5.75 Å². The Hall–Kier alpha value is -2.41. The lowest BCUT2D eigenvalue weighted by Crippen LogP contribution is -2.11. The summed E-state index contributed by atoms with van der Waals surface area (Å²) in [5.74, 6) is 0.519. The van der Waals surface area contributed by atoms with E-state index in [0.29, 0.717) is 34.6 Å². The molecule has 0 aliphatic carbocycles. The van der Waals surface area contributed by atoms with Crippen LogP contribution in [0.25, 0.3) is 0 Å². The Bertz CT molecular complexity index is 925. The predicted octanol–water partition coefficient (Wildman–Crippen LogP) is 5.08. The maximum absolute atomic E-state index is 12.6. The second-order valence-electron chi connectivity index (χ2n) is 5.85. The third-order valence-corrected chi connectivity index (χ3v) is 5.10. The highest BCUT2D eigenvalue weighted by atomic mass is 35.5. The lowest BCUT2D eigenvalue weighted by molar-refractivity contribution is 0.103. The van der Waals surface area contributed by atoms with E-state index in [1.54, 1.807) is 31.4 Å². The Kier molecular flexibility index (Phi) is 6.45. The molecule has 7 heteroatoms. The van der Waals surface area contributed by atoms with Gasteiger partial charge in [0.15, 0.2) is 0 Å². The molecule has 0 saturated carbocycles. The standard InChI is InChI=1S/C20H19ClN2O3S/c1-13-19(20(24)23-16-5-3-4-14(10-16)11-25-2)27-18(22-13)12-26-17-8-6-15(21)7-9-17/h3-10H,11-12H2,1-2H3,(H,23,24). The number of halogens is 1. The first-order valence-corrected chi connectivity index (χ1v) is 9.48. The summed E-state index contributed by atoms with van der Waals surface area (Å²) in [6.45, 7) is 2.61. The van der Waals surface area contributed by atoms with Gasteiger partial charge in [-0.25, -0.2) is 4.98 Å². The van der Waals surface area contributed by atoms with Crippen molar-refractivity contribution in [2.45, 2.75) is 20.1 Å². The van der Waals surface area contributed by atoms with Gasteiger partial charge in [0.05, 0.1) is 12.3 Å². The van der Waals surface area contributed by atoms with Gasteiger partial charge in [-0.2, -0.15) is 0 Å². The molecule has 1 heterocycles. The fourth-order valence-corrected chi connectivity index (χ4v) is 3.49. The van der Waals surface area contributed by atoms with Crippen molar-refractivity contribution in [3.05, 3.63) is 74.7 Å². The summed E-state index contributed by atoms with van der Waals surface area (Å²) in [6.07, 6.45) is 0. The number of benzene rings is 2. The molecule has 2 aromatic carbocycles. The number of aromatic nitrogens is 1. The van der Waals surface area contributed by atoms with Crippen LogP contribution in [0.5, 0.6) is 5.75 Å². The molecule has 5 nitrogen and oxygen atoms in total. The number of ether oxygens (including phenoxy) is 2. The predicted molar refractivity (Wildman–Crippen MR) is 108 cm³/mol. The minimum Gasteiger partial charge on any atom is -0.486 e. The van der Waals surface area contributed by atoms with Crippen LogP contribution in [0, 0.1) is 6.92 Å². The van der Waals surface area contributed by atoms with Gasteiger partial charge in [-0.1, -0.05) is 23.7 Å². The molecule has 27 heavy (non-hydrogen) atoms. The van der Waals surface area contributed by atoms with E-state index in [1.165, 1.54) is 11.3 Å². The number of hydrogen-bond donors (Lipinski definition) is 1. The van der Waals surface area contributed by atoms with E-state index in [1.807, 2.05) is 31.2 Å². The van der Waals surface area contributed by atoms with Crippen molar-refractivity contribution in [1.82, 2.24) is 4.98 Å². The quantitative estimate of drug-likeness (QED) is 0.598. The fraction of sp³-hybridized carbons (Fsp3) is 0.200. The Labute approximate surface area is 166 Å². The number of hydrogen-bond acceptors (Lipinski definition) is 5. The van der Waals surface area contributed by atoms with Gasteiger partial charge < -0.3 is 14.8 Å². The van der Waals surface area contributed by atoms with Gasteiger partial charge in [0.2, 0.25) is 0 Å². The lowest BCUT2D eigenvalue weighted by atomic mass is 10.2. The van der Waals surface area contributed by atoms with E-state index in [2.05, 4.69) is 10.3 Å². The zero-order valence-corrected chi connectivity index (χ0v) is 16.6. The van der Waals surface area contributed by atoms with Crippen molar-refractivity contribution in [2.24, 2.45) is 0 Å². The molecule has 1 aromatic heterocycles. The van der Waals surface area contributed by atoms with Crippen LogP contribution in [-0.2, 0) is 18.0 Å². The van der Waals surface area contributed by atoms with Gasteiger partial charge in [0, 0.05) is 17.8 Å². The molecule has 1 N–H and O–H groups in total. The molecule has 0 aliphatic heterocycles. The molecular weight excluding hydrogens is 384 g/mol. The number of rotatable bonds is 7. The molecule has 0 aliphatic rings. The summed E-state index contributed by atoms with van der Waals surface area (Å²) in [7, 11) is 1.64. The molecule has 140 valence electrons. The molecule has 0 bridgehead atoms. The van der Waals surface area contributed by atoms with E-state index in [4.69, 9.17) is 21.1 Å². The SMILES string of the molecule is COCc1cccc(NC(=O)c2sc(COc3ccc(Cl)cc3)nc2C)c1.